The third-order valence-corrected chi connectivity index (χ3v) is 8.49. The van der Waals surface area contributed by atoms with Crippen molar-refractivity contribution < 1.29 is 33.4 Å². The zero-order chi connectivity index (χ0) is 24.1. The third kappa shape index (κ3) is 5.58. The Morgan fingerprint density at radius 1 is 1.09 bits per heavy atom. The van der Waals surface area contributed by atoms with Crippen molar-refractivity contribution in [2.45, 2.75) is 44.4 Å². The van der Waals surface area contributed by atoms with Gasteiger partial charge < -0.3 is 15.3 Å². The van der Waals surface area contributed by atoms with Gasteiger partial charge in [-0.05, 0) is 37.5 Å². The van der Waals surface area contributed by atoms with Crippen molar-refractivity contribution in [3.63, 3.8) is 0 Å². The molecule has 1 aliphatic heterocycles. The van der Waals surface area contributed by atoms with E-state index in [-0.39, 0.29) is 13.0 Å². The summed E-state index contributed by atoms with van der Waals surface area (Å²) < 4.78 is 12.6. The van der Waals surface area contributed by atoms with Gasteiger partial charge >= 0.3 is 12.0 Å². The normalized spacial score (nSPS) is 22.8. The summed E-state index contributed by atoms with van der Waals surface area (Å²) in [6, 6.07) is 17.1. The maximum Gasteiger partial charge on any atom is 0.521 e. The molecule has 3 amide bonds. The first kappa shape index (κ1) is 24.8. The first-order valence-corrected chi connectivity index (χ1v) is 12.9. The number of nitrogens with zero attached hydrogens (tertiary/aromatic N) is 1. The molecular weight excluding hydrogens is 443 g/mol. The van der Waals surface area contributed by atoms with Gasteiger partial charge in [-0.2, -0.15) is 9.28 Å². The summed E-state index contributed by atoms with van der Waals surface area (Å²) in [7, 11) is -4.29. The SMILES string of the molecule is C[C@@H]1CCC[N+]1(C(=O)O)C(=O)CP(=O)(O)C(CCc1ccccc1)NC(=O)c1ccccc1. The van der Waals surface area contributed by atoms with Crippen LogP contribution in [0.15, 0.2) is 60.7 Å². The summed E-state index contributed by atoms with van der Waals surface area (Å²) in [5, 5.41) is 12.4. The summed E-state index contributed by atoms with van der Waals surface area (Å²) in [4.78, 5) is 48.9. The predicted octanol–water partition coefficient (Wildman–Crippen LogP) is 3.85. The van der Waals surface area contributed by atoms with Crippen LogP contribution in [-0.2, 0) is 15.8 Å². The first-order chi connectivity index (χ1) is 15.7. The monoisotopic (exact) mass is 473 g/mol. The zero-order valence-corrected chi connectivity index (χ0v) is 19.5. The van der Waals surface area contributed by atoms with Crippen LogP contribution in [0.25, 0.3) is 0 Å². The number of aryl methyl sites for hydroxylation is 1. The quantitative estimate of drug-likeness (QED) is 0.396. The van der Waals surface area contributed by atoms with Crippen molar-refractivity contribution in [3.8, 4) is 0 Å². The van der Waals surface area contributed by atoms with Crippen molar-refractivity contribution >= 4 is 25.3 Å². The highest BCUT2D eigenvalue weighted by atomic mass is 31.2. The lowest BCUT2D eigenvalue weighted by Gasteiger charge is -2.31. The average Bonchev–Trinajstić information content (AvgIpc) is 3.20. The second kappa shape index (κ2) is 10.4. The maximum atomic E-state index is 13.5. The summed E-state index contributed by atoms with van der Waals surface area (Å²) in [6.45, 7) is 1.77. The molecule has 1 heterocycles. The van der Waals surface area contributed by atoms with Crippen LogP contribution in [0.4, 0.5) is 4.79 Å². The van der Waals surface area contributed by atoms with Crippen molar-refractivity contribution in [3.05, 3.63) is 71.8 Å². The van der Waals surface area contributed by atoms with Crippen molar-refractivity contribution in [2.24, 2.45) is 0 Å². The lowest BCUT2D eigenvalue weighted by Crippen LogP contribution is -2.59. The maximum absolute atomic E-state index is 13.5. The standard InChI is InChI=1S/C24H29N2O6P/c1-18-9-8-16-26(18,24(29)30)22(27)17-33(31,32)21(15-14-19-10-4-2-5-11-19)25-23(28)20-12-6-3-7-13-20/h2-7,10-13,18,21H,8-9,14-17H2,1H3,(H2-,25,28,29,30,31,32)/p+1/t18-,21?,26?/m1/s1. The van der Waals surface area contributed by atoms with Crippen LogP contribution in [0.1, 0.15) is 42.1 Å². The second-order valence-corrected chi connectivity index (χ2v) is 11.0. The number of amides is 3. The topological polar surface area (TPSA) is 121 Å². The Kier molecular flexibility index (Phi) is 7.84. The first-order valence-electron chi connectivity index (χ1n) is 11.0. The lowest BCUT2D eigenvalue weighted by atomic mass is 10.1. The number of nitrogens with one attached hydrogen (secondary N) is 1. The molecule has 0 saturated carbocycles. The fourth-order valence-electron chi connectivity index (χ4n) is 4.42. The minimum absolute atomic E-state index is 0.0976. The summed E-state index contributed by atoms with van der Waals surface area (Å²) in [5.41, 5.74) is 1.25. The Labute approximate surface area is 193 Å². The molecule has 8 nitrogen and oxygen atoms in total. The fraction of sp³-hybridized carbons (Fsp3) is 0.375. The van der Waals surface area contributed by atoms with E-state index < -0.39 is 47.7 Å². The molecule has 176 valence electrons. The third-order valence-electron chi connectivity index (χ3n) is 6.40. The van der Waals surface area contributed by atoms with Crippen LogP contribution in [0.5, 0.6) is 0 Å². The molecule has 2 aromatic rings. The van der Waals surface area contributed by atoms with E-state index in [9.17, 15) is 28.9 Å². The Morgan fingerprint density at radius 2 is 1.70 bits per heavy atom. The van der Waals surface area contributed by atoms with E-state index in [0.717, 1.165) is 5.56 Å². The molecule has 0 aromatic heterocycles. The van der Waals surface area contributed by atoms with E-state index >= 15 is 0 Å². The summed E-state index contributed by atoms with van der Waals surface area (Å²) in [6.07, 6.45) is -0.467. The molecule has 2 aromatic carbocycles. The van der Waals surface area contributed by atoms with Gasteiger partial charge in [0.2, 0.25) is 7.37 Å². The van der Waals surface area contributed by atoms with Gasteiger partial charge in [0.15, 0.2) is 0 Å². The van der Waals surface area contributed by atoms with Crippen LogP contribution in [0.2, 0.25) is 0 Å². The number of quaternary nitrogens is 1. The molecule has 1 fully saturated rings. The van der Waals surface area contributed by atoms with Gasteiger partial charge in [-0.15, -0.1) is 0 Å². The van der Waals surface area contributed by atoms with E-state index in [1.807, 2.05) is 30.3 Å². The van der Waals surface area contributed by atoms with E-state index in [1.54, 1.807) is 37.3 Å². The smallest absolute Gasteiger partial charge is 0.435 e. The molecule has 33 heavy (non-hydrogen) atoms. The van der Waals surface area contributed by atoms with E-state index in [2.05, 4.69) is 5.32 Å². The molecule has 3 unspecified atom stereocenters. The van der Waals surface area contributed by atoms with Crippen molar-refractivity contribution in [1.29, 1.82) is 0 Å². The highest BCUT2D eigenvalue weighted by Gasteiger charge is 2.55. The molecule has 1 saturated heterocycles. The van der Waals surface area contributed by atoms with Crippen LogP contribution < -0.4 is 5.32 Å². The number of carbonyl (C=O) groups excluding carboxylic acids is 2. The molecule has 3 N–H and O–H groups in total. The number of carboxylic acid groups (broad SMARTS) is 1. The second-order valence-electron chi connectivity index (χ2n) is 8.55. The molecular formula is C24H30N2O6P+. The highest BCUT2D eigenvalue weighted by Crippen LogP contribution is 2.48. The van der Waals surface area contributed by atoms with Crippen LogP contribution >= 0.6 is 7.37 Å². The van der Waals surface area contributed by atoms with Gasteiger partial charge in [-0.3, -0.25) is 9.36 Å². The predicted molar refractivity (Wildman–Crippen MR) is 124 cm³/mol. The zero-order valence-electron chi connectivity index (χ0n) is 18.6. The van der Waals surface area contributed by atoms with Gasteiger partial charge in [0.25, 0.3) is 5.91 Å². The molecule has 4 atom stereocenters. The van der Waals surface area contributed by atoms with Crippen LogP contribution in [-0.4, -0.2) is 56.9 Å². The Balaban J connectivity index is 1.83. The number of benzene rings is 2. The summed E-state index contributed by atoms with van der Waals surface area (Å²) >= 11 is 0. The molecule has 9 heteroatoms. The molecule has 0 radical (unpaired) electrons. The molecule has 0 bridgehead atoms. The molecule has 0 spiro atoms. The minimum atomic E-state index is -4.29. The fourth-order valence-corrected chi connectivity index (χ4v) is 6.13. The van der Waals surface area contributed by atoms with Gasteiger partial charge in [0.05, 0.1) is 6.54 Å². The Hall–Kier alpha value is -2.80. The number of rotatable bonds is 8. The van der Waals surface area contributed by atoms with Crippen molar-refractivity contribution in [2.75, 3.05) is 12.7 Å². The number of imide groups is 1. The van der Waals surface area contributed by atoms with Gasteiger partial charge in [-0.25, -0.2) is 4.79 Å². The van der Waals surface area contributed by atoms with Gasteiger partial charge in [0, 0.05) is 18.4 Å². The summed E-state index contributed by atoms with van der Waals surface area (Å²) in [5.74, 6) is -2.51. The van der Waals surface area contributed by atoms with E-state index in [1.165, 1.54) is 0 Å². The van der Waals surface area contributed by atoms with Gasteiger partial charge in [0.1, 0.15) is 18.0 Å². The van der Waals surface area contributed by atoms with Crippen LogP contribution in [0.3, 0.4) is 0 Å². The largest absolute Gasteiger partial charge is 0.521 e. The van der Waals surface area contributed by atoms with Crippen LogP contribution in [0, 0.1) is 0 Å². The highest BCUT2D eigenvalue weighted by molar-refractivity contribution is 7.59. The Bertz CT molecular complexity index is 1050. The van der Waals surface area contributed by atoms with Gasteiger partial charge in [-0.1, -0.05) is 48.5 Å². The number of hydrogen-bond donors (Lipinski definition) is 3. The molecule has 0 aliphatic carbocycles. The van der Waals surface area contributed by atoms with E-state index in [0.29, 0.717) is 24.8 Å². The molecule has 1 aliphatic rings. The minimum Gasteiger partial charge on any atom is -0.435 e. The molecule has 3 rings (SSSR count). The number of hydrogen-bond acceptors (Lipinski definition) is 4. The number of likely N-dealkylation sites (tertiary alicyclic amines) is 1. The number of carbonyl (C=O) groups is 3. The van der Waals surface area contributed by atoms with E-state index in [4.69, 9.17) is 0 Å². The van der Waals surface area contributed by atoms with Crippen molar-refractivity contribution in [1.82, 2.24) is 5.32 Å². The average molecular weight is 473 g/mol. The Morgan fingerprint density at radius 3 is 2.24 bits per heavy atom. The lowest BCUT2D eigenvalue weighted by molar-refractivity contribution is -0.791.